The van der Waals surface area contributed by atoms with Crippen molar-refractivity contribution in [3.05, 3.63) is 87.7 Å². The van der Waals surface area contributed by atoms with E-state index in [-0.39, 0.29) is 17.3 Å². The molecule has 1 aliphatic heterocycles. The molecule has 196 valence electrons. The van der Waals surface area contributed by atoms with Crippen LogP contribution in [0.2, 0.25) is 0 Å². The number of halogens is 1. The SMILES string of the molecule is Cn1cc(Cc2nc(N)nc(-c3cccc(N4CCc5cc(C6CC6)cc(F)c5C4=O)c3CO)n2)cc1C#N. The van der Waals surface area contributed by atoms with Gasteiger partial charge in [-0.15, -0.1) is 0 Å². The molecular weight excluding hydrogens is 497 g/mol. The number of carbonyl (C=O) groups is 1. The molecule has 0 spiro atoms. The number of nitrogens with zero attached hydrogens (tertiary/aromatic N) is 6. The van der Waals surface area contributed by atoms with Gasteiger partial charge < -0.3 is 20.3 Å². The minimum Gasteiger partial charge on any atom is -0.392 e. The number of rotatable bonds is 6. The Bertz CT molecular complexity index is 1670. The van der Waals surface area contributed by atoms with E-state index in [0.29, 0.717) is 53.6 Å². The third-order valence-corrected chi connectivity index (χ3v) is 7.39. The maximum Gasteiger partial charge on any atom is 0.261 e. The molecule has 9 nitrogen and oxygen atoms in total. The fourth-order valence-electron chi connectivity index (χ4n) is 5.34. The lowest BCUT2D eigenvalue weighted by atomic mass is 9.93. The van der Waals surface area contributed by atoms with Crippen molar-refractivity contribution in [1.82, 2.24) is 19.5 Å². The van der Waals surface area contributed by atoms with Crippen molar-refractivity contribution in [2.75, 3.05) is 17.2 Å². The fourth-order valence-corrected chi connectivity index (χ4v) is 5.34. The van der Waals surface area contributed by atoms with Gasteiger partial charge in [0.25, 0.3) is 5.91 Å². The Morgan fingerprint density at radius 2 is 2.03 bits per heavy atom. The van der Waals surface area contributed by atoms with Gasteiger partial charge in [-0.3, -0.25) is 4.79 Å². The Kier molecular flexibility index (Phi) is 6.08. The summed E-state index contributed by atoms with van der Waals surface area (Å²) in [6.45, 7) is -0.0357. The molecule has 0 saturated heterocycles. The first-order valence-electron chi connectivity index (χ1n) is 12.8. The maximum absolute atomic E-state index is 15.1. The summed E-state index contributed by atoms with van der Waals surface area (Å²) < 4.78 is 16.9. The Morgan fingerprint density at radius 3 is 2.74 bits per heavy atom. The van der Waals surface area contributed by atoms with Crippen molar-refractivity contribution < 1.29 is 14.3 Å². The van der Waals surface area contributed by atoms with E-state index in [1.165, 1.54) is 11.0 Å². The van der Waals surface area contributed by atoms with Crippen molar-refractivity contribution in [2.24, 2.45) is 7.05 Å². The topological polar surface area (TPSA) is 134 Å². The van der Waals surface area contributed by atoms with E-state index >= 15 is 4.39 Å². The third kappa shape index (κ3) is 4.51. The first-order chi connectivity index (χ1) is 18.9. The zero-order chi connectivity index (χ0) is 27.3. The largest absolute Gasteiger partial charge is 0.392 e. The van der Waals surface area contributed by atoms with Gasteiger partial charge in [-0.2, -0.15) is 15.2 Å². The normalized spacial score (nSPS) is 14.8. The number of anilines is 2. The van der Waals surface area contributed by atoms with Crippen molar-refractivity contribution in [2.45, 2.75) is 38.2 Å². The van der Waals surface area contributed by atoms with E-state index in [4.69, 9.17) is 5.73 Å². The van der Waals surface area contributed by atoms with Crippen LogP contribution in [0.5, 0.6) is 0 Å². The highest BCUT2D eigenvalue weighted by atomic mass is 19.1. The number of hydrogen-bond acceptors (Lipinski definition) is 7. The standard InChI is InChI=1S/C29H26FN7O2/c1-36-14-16(9-20(36)13-31)10-25-33-27(35-29(32)34-25)21-3-2-4-24(22(21)15-38)37-8-7-18-11-19(17-5-6-17)12-23(30)26(18)28(37)39/h2-4,9,11-12,14,17,38H,5-8,10,15H2,1H3,(H2,32,33,34,35). The summed E-state index contributed by atoms with van der Waals surface area (Å²) in [5, 5.41) is 19.7. The number of nitrogens with two attached hydrogens (primary N) is 1. The number of amides is 1. The average Bonchev–Trinajstić information content (AvgIpc) is 3.71. The minimum atomic E-state index is -0.499. The summed E-state index contributed by atoms with van der Waals surface area (Å²) in [4.78, 5) is 28.2. The fraction of sp³-hybridized carbons (Fsp3) is 0.276. The lowest BCUT2D eigenvalue weighted by Crippen LogP contribution is -2.39. The van der Waals surface area contributed by atoms with Gasteiger partial charge in [0.1, 0.15) is 23.4 Å². The van der Waals surface area contributed by atoms with Crippen LogP contribution < -0.4 is 10.6 Å². The summed E-state index contributed by atoms with van der Waals surface area (Å²) in [5.74, 6) is 0.126. The van der Waals surface area contributed by atoms with Crippen molar-refractivity contribution in [3.8, 4) is 17.5 Å². The van der Waals surface area contributed by atoms with Gasteiger partial charge in [0.05, 0.1) is 17.9 Å². The second-order valence-electron chi connectivity index (χ2n) is 10.0. The van der Waals surface area contributed by atoms with E-state index in [1.54, 1.807) is 35.9 Å². The van der Waals surface area contributed by atoms with Gasteiger partial charge in [-0.05, 0) is 60.1 Å². The molecule has 1 fully saturated rings. The molecule has 2 aliphatic rings. The highest BCUT2D eigenvalue weighted by molar-refractivity contribution is 6.09. The minimum absolute atomic E-state index is 0.0113. The number of aliphatic hydroxyl groups excluding tert-OH is 1. The molecule has 0 unspecified atom stereocenters. The quantitative estimate of drug-likeness (QED) is 0.394. The van der Waals surface area contributed by atoms with Crippen LogP contribution >= 0.6 is 0 Å². The second-order valence-corrected chi connectivity index (χ2v) is 10.0. The van der Waals surface area contributed by atoms with Crippen molar-refractivity contribution >= 4 is 17.5 Å². The number of aromatic nitrogens is 4. The van der Waals surface area contributed by atoms with E-state index in [1.807, 2.05) is 12.3 Å². The molecule has 3 heterocycles. The number of benzene rings is 2. The number of carbonyl (C=O) groups excluding carboxylic acids is 1. The number of aryl methyl sites for hydroxylation is 1. The van der Waals surface area contributed by atoms with Crippen LogP contribution in [-0.4, -0.2) is 37.1 Å². The molecule has 3 N–H and O–H groups in total. The molecule has 1 amide bonds. The monoisotopic (exact) mass is 523 g/mol. The Hall–Kier alpha value is -4.62. The number of hydrogen-bond donors (Lipinski definition) is 2. The number of nitrogen functional groups attached to an aromatic ring is 1. The molecule has 10 heteroatoms. The van der Waals surface area contributed by atoms with Gasteiger partial charge in [0, 0.05) is 37.3 Å². The number of aliphatic hydroxyl groups is 1. The van der Waals surface area contributed by atoms with Crippen LogP contribution in [0.25, 0.3) is 11.4 Å². The molecule has 1 aliphatic carbocycles. The second kappa shape index (κ2) is 9.60. The molecule has 0 radical (unpaired) electrons. The van der Waals surface area contributed by atoms with Crippen molar-refractivity contribution in [3.63, 3.8) is 0 Å². The average molecular weight is 524 g/mol. The molecule has 6 rings (SSSR count). The van der Waals surface area contributed by atoms with E-state index in [0.717, 1.165) is 29.5 Å². The molecule has 39 heavy (non-hydrogen) atoms. The summed E-state index contributed by atoms with van der Waals surface area (Å²) in [6, 6.07) is 12.6. The Balaban J connectivity index is 1.36. The first-order valence-corrected chi connectivity index (χ1v) is 12.8. The summed E-state index contributed by atoms with van der Waals surface area (Å²) in [5.41, 5.74) is 10.6. The molecule has 0 bridgehead atoms. The zero-order valence-corrected chi connectivity index (χ0v) is 21.4. The number of nitriles is 1. The molecule has 2 aromatic heterocycles. The van der Waals surface area contributed by atoms with Crippen LogP contribution in [0.3, 0.4) is 0 Å². The van der Waals surface area contributed by atoms with Crippen LogP contribution in [-0.2, 0) is 26.5 Å². The summed E-state index contributed by atoms with van der Waals surface area (Å²) in [7, 11) is 1.78. The van der Waals surface area contributed by atoms with E-state index in [2.05, 4.69) is 21.0 Å². The summed E-state index contributed by atoms with van der Waals surface area (Å²) >= 11 is 0. The van der Waals surface area contributed by atoms with Crippen LogP contribution in [0.4, 0.5) is 16.0 Å². The zero-order valence-electron chi connectivity index (χ0n) is 21.4. The van der Waals surface area contributed by atoms with Gasteiger partial charge >= 0.3 is 0 Å². The number of fused-ring (bicyclic) bond motifs is 1. The molecule has 1 saturated carbocycles. The Morgan fingerprint density at radius 1 is 1.21 bits per heavy atom. The van der Waals surface area contributed by atoms with Gasteiger partial charge in [0.2, 0.25) is 5.95 Å². The third-order valence-electron chi connectivity index (χ3n) is 7.39. The van der Waals surface area contributed by atoms with Gasteiger partial charge in [-0.1, -0.05) is 18.2 Å². The highest BCUT2D eigenvalue weighted by Gasteiger charge is 2.33. The highest BCUT2D eigenvalue weighted by Crippen LogP contribution is 2.42. The van der Waals surface area contributed by atoms with Crippen LogP contribution in [0.1, 0.15) is 62.9 Å². The maximum atomic E-state index is 15.1. The Labute approximate surface area is 224 Å². The van der Waals surface area contributed by atoms with Crippen molar-refractivity contribution in [1.29, 1.82) is 5.26 Å². The molecule has 2 aromatic carbocycles. The predicted octanol–water partition coefficient (Wildman–Crippen LogP) is 3.63. The summed E-state index contributed by atoms with van der Waals surface area (Å²) in [6.07, 6.45) is 4.77. The molecular formula is C29H26FN7O2. The lowest BCUT2D eigenvalue weighted by molar-refractivity contribution is 0.0976. The first kappa shape index (κ1) is 24.7. The van der Waals surface area contributed by atoms with Gasteiger partial charge in [-0.25, -0.2) is 9.37 Å². The van der Waals surface area contributed by atoms with Gasteiger partial charge in [0.15, 0.2) is 5.82 Å². The lowest BCUT2D eigenvalue weighted by Gasteiger charge is -2.31. The molecule has 0 atom stereocenters. The van der Waals surface area contributed by atoms with Crippen LogP contribution in [0, 0.1) is 17.1 Å². The predicted molar refractivity (Wildman–Crippen MR) is 142 cm³/mol. The van der Waals surface area contributed by atoms with Crippen LogP contribution in [0.15, 0.2) is 42.6 Å². The van der Waals surface area contributed by atoms with E-state index in [9.17, 15) is 15.2 Å². The molecule has 4 aromatic rings. The smallest absolute Gasteiger partial charge is 0.261 e. The van der Waals surface area contributed by atoms with E-state index < -0.39 is 18.3 Å².